The van der Waals surface area contributed by atoms with Gasteiger partial charge in [-0.1, -0.05) is 40.2 Å². The normalized spacial score (nSPS) is 12.1. The molecule has 1 rings (SSSR count). The molecule has 1 aromatic carbocycles. The van der Waals surface area contributed by atoms with Crippen LogP contribution in [0.25, 0.3) is 0 Å². The van der Waals surface area contributed by atoms with Crippen LogP contribution in [0.3, 0.4) is 0 Å². The average molecular weight is 240 g/mol. The van der Waals surface area contributed by atoms with Crippen molar-refractivity contribution < 1.29 is 4.74 Å². The van der Waals surface area contributed by atoms with E-state index in [-0.39, 0.29) is 4.83 Å². The summed E-state index contributed by atoms with van der Waals surface area (Å²) in [5.74, 6) is 0. The lowest BCUT2D eigenvalue weighted by atomic mass is 10.1. The number of methoxy groups -OCH3 is 1. The minimum Gasteiger partial charge on any atom is -0.380 e. The predicted molar refractivity (Wildman–Crippen MR) is 54.4 cm³/mol. The highest BCUT2D eigenvalue weighted by Gasteiger charge is 2.05. The fourth-order valence-electron chi connectivity index (χ4n) is 1.08. The van der Waals surface area contributed by atoms with Crippen molar-refractivity contribution >= 4 is 15.9 Å². The molecule has 68 valence electrons. The Balaban J connectivity index is 2.86. The number of hydrogen-bond acceptors (Lipinski definition) is 2. The van der Waals surface area contributed by atoms with Crippen molar-refractivity contribution in [3.63, 3.8) is 0 Å². The lowest BCUT2D eigenvalue weighted by Crippen LogP contribution is -1.91. The second-order valence-electron chi connectivity index (χ2n) is 2.67. The van der Waals surface area contributed by atoms with E-state index in [0.717, 1.165) is 11.1 Å². The molecule has 0 radical (unpaired) electrons. The van der Waals surface area contributed by atoms with E-state index in [1.165, 1.54) is 0 Å². The summed E-state index contributed by atoms with van der Waals surface area (Å²) in [7, 11) is 1.66. The second-order valence-corrected chi connectivity index (χ2v) is 3.59. The first-order valence-corrected chi connectivity index (χ1v) is 4.81. The highest BCUT2D eigenvalue weighted by molar-refractivity contribution is 9.09. The Kier molecular flexibility index (Phi) is 3.94. The number of alkyl halides is 1. The summed E-state index contributed by atoms with van der Waals surface area (Å²) in [5, 5.41) is 8.68. The van der Waals surface area contributed by atoms with Gasteiger partial charge in [0.05, 0.1) is 12.7 Å². The molecule has 0 amide bonds. The summed E-state index contributed by atoms with van der Waals surface area (Å²) < 4.78 is 5.00. The van der Waals surface area contributed by atoms with Crippen LogP contribution in [0.15, 0.2) is 24.3 Å². The number of nitriles is 1. The Morgan fingerprint density at radius 3 is 3.00 bits per heavy atom. The Labute approximate surface area is 86.3 Å². The molecule has 0 fully saturated rings. The Morgan fingerprint density at radius 1 is 1.62 bits per heavy atom. The van der Waals surface area contributed by atoms with Crippen LogP contribution < -0.4 is 0 Å². The van der Waals surface area contributed by atoms with Crippen LogP contribution in [0.5, 0.6) is 0 Å². The van der Waals surface area contributed by atoms with Crippen molar-refractivity contribution in [3.8, 4) is 6.07 Å². The van der Waals surface area contributed by atoms with Crippen LogP contribution in [0.4, 0.5) is 0 Å². The molecule has 0 heterocycles. The van der Waals surface area contributed by atoms with E-state index in [1.807, 2.05) is 24.3 Å². The summed E-state index contributed by atoms with van der Waals surface area (Å²) in [5.41, 5.74) is 2.05. The van der Waals surface area contributed by atoms with Crippen LogP contribution >= 0.6 is 15.9 Å². The van der Waals surface area contributed by atoms with Crippen LogP contribution in [-0.2, 0) is 11.3 Å². The average Bonchev–Trinajstić information content (AvgIpc) is 2.18. The number of hydrogen-bond donors (Lipinski definition) is 0. The highest BCUT2D eigenvalue weighted by Crippen LogP contribution is 2.22. The summed E-state index contributed by atoms with van der Waals surface area (Å²) >= 11 is 3.27. The van der Waals surface area contributed by atoms with E-state index in [2.05, 4.69) is 22.0 Å². The molecule has 1 unspecified atom stereocenters. The van der Waals surface area contributed by atoms with Gasteiger partial charge >= 0.3 is 0 Å². The van der Waals surface area contributed by atoms with Gasteiger partial charge in [0.2, 0.25) is 0 Å². The van der Waals surface area contributed by atoms with Crippen LogP contribution in [-0.4, -0.2) is 7.11 Å². The molecule has 0 aliphatic carbocycles. The van der Waals surface area contributed by atoms with Gasteiger partial charge in [0.15, 0.2) is 0 Å². The molecule has 1 atom stereocenters. The maximum Gasteiger partial charge on any atom is 0.126 e. The zero-order valence-corrected chi connectivity index (χ0v) is 8.91. The Bertz CT molecular complexity index is 319. The van der Waals surface area contributed by atoms with Crippen LogP contribution in [0.2, 0.25) is 0 Å². The molecule has 0 N–H and O–H groups in total. The first kappa shape index (κ1) is 10.2. The lowest BCUT2D eigenvalue weighted by molar-refractivity contribution is 0.185. The molecule has 0 aliphatic rings. The molecular formula is C10H10BrNO. The molecule has 0 aliphatic heterocycles. The molecule has 1 aromatic rings. The van der Waals surface area contributed by atoms with E-state index in [0.29, 0.717) is 6.61 Å². The monoisotopic (exact) mass is 239 g/mol. The van der Waals surface area contributed by atoms with Crippen molar-refractivity contribution in [1.29, 1.82) is 5.26 Å². The number of benzene rings is 1. The molecule has 2 nitrogen and oxygen atoms in total. The van der Waals surface area contributed by atoms with E-state index < -0.39 is 0 Å². The summed E-state index contributed by atoms with van der Waals surface area (Å²) in [6.07, 6.45) is 0. The zero-order valence-electron chi connectivity index (χ0n) is 7.33. The Hall–Kier alpha value is -0.850. The van der Waals surface area contributed by atoms with Crippen molar-refractivity contribution in [1.82, 2.24) is 0 Å². The van der Waals surface area contributed by atoms with E-state index >= 15 is 0 Å². The third-order valence-corrected chi connectivity index (χ3v) is 2.40. The van der Waals surface area contributed by atoms with Crippen molar-refractivity contribution in [3.05, 3.63) is 35.4 Å². The van der Waals surface area contributed by atoms with Gasteiger partial charge in [-0.3, -0.25) is 0 Å². The minimum absolute atomic E-state index is 0.232. The maximum atomic E-state index is 8.68. The second kappa shape index (κ2) is 5.00. The first-order valence-electron chi connectivity index (χ1n) is 3.89. The molecule has 0 spiro atoms. The van der Waals surface area contributed by atoms with Gasteiger partial charge in [-0.15, -0.1) is 0 Å². The minimum atomic E-state index is -0.232. The predicted octanol–water partition coefficient (Wildman–Crippen LogP) is 2.79. The molecular weight excluding hydrogens is 230 g/mol. The smallest absolute Gasteiger partial charge is 0.126 e. The fourth-order valence-corrected chi connectivity index (χ4v) is 1.37. The van der Waals surface area contributed by atoms with E-state index in [9.17, 15) is 0 Å². The number of ether oxygens (including phenoxy) is 1. The van der Waals surface area contributed by atoms with Gasteiger partial charge in [0.25, 0.3) is 0 Å². The van der Waals surface area contributed by atoms with Crippen LogP contribution in [0, 0.1) is 11.3 Å². The Morgan fingerprint density at radius 2 is 2.38 bits per heavy atom. The van der Waals surface area contributed by atoms with Gasteiger partial charge in [-0.25, -0.2) is 0 Å². The topological polar surface area (TPSA) is 33.0 Å². The summed E-state index contributed by atoms with van der Waals surface area (Å²) in [6.45, 7) is 0.582. The summed E-state index contributed by atoms with van der Waals surface area (Å²) in [4.78, 5) is -0.232. The third kappa shape index (κ3) is 2.83. The van der Waals surface area contributed by atoms with Gasteiger partial charge in [-0.05, 0) is 11.1 Å². The van der Waals surface area contributed by atoms with Gasteiger partial charge < -0.3 is 4.74 Å². The van der Waals surface area contributed by atoms with Crippen LogP contribution in [0.1, 0.15) is 16.0 Å². The standard InChI is InChI=1S/C10H10BrNO/c1-13-7-8-3-2-4-9(5-8)10(11)6-12/h2-5,10H,7H2,1H3. The molecule has 0 saturated heterocycles. The SMILES string of the molecule is COCc1cccc(C(Br)C#N)c1. The number of nitrogens with zero attached hydrogens (tertiary/aromatic N) is 1. The fraction of sp³-hybridized carbons (Fsp3) is 0.300. The molecule has 0 aromatic heterocycles. The lowest BCUT2D eigenvalue weighted by Gasteiger charge is -2.04. The van der Waals surface area contributed by atoms with E-state index in [1.54, 1.807) is 7.11 Å². The maximum absolute atomic E-state index is 8.68. The van der Waals surface area contributed by atoms with Crippen molar-refractivity contribution in [2.24, 2.45) is 0 Å². The first-order chi connectivity index (χ1) is 6.27. The quantitative estimate of drug-likeness (QED) is 0.761. The van der Waals surface area contributed by atoms with Gasteiger partial charge in [-0.2, -0.15) is 5.26 Å². The zero-order chi connectivity index (χ0) is 9.68. The number of rotatable bonds is 3. The molecule has 13 heavy (non-hydrogen) atoms. The van der Waals surface area contributed by atoms with Gasteiger partial charge in [0.1, 0.15) is 4.83 Å². The van der Waals surface area contributed by atoms with Gasteiger partial charge in [0, 0.05) is 7.11 Å². The van der Waals surface area contributed by atoms with Crippen molar-refractivity contribution in [2.75, 3.05) is 7.11 Å². The highest BCUT2D eigenvalue weighted by atomic mass is 79.9. The molecule has 3 heteroatoms. The van der Waals surface area contributed by atoms with E-state index in [4.69, 9.17) is 10.00 Å². The summed E-state index contributed by atoms with van der Waals surface area (Å²) in [6, 6.07) is 9.91. The third-order valence-electron chi connectivity index (χ3n) is 1.67. The number of halogens is 1. The molecule has 0 saturated carbocycles. The largest absolute Gasteiger partial charge is 0.380 e. The molecule has 0 bridgehead atoms. The van der Waals surface area contributed by atoms with Crippen molar-refractivity contribution in [2.45, 2.75) is 11.4 Å².